The monoisotopic (exact) mass is 316 g/mol. The summed E-state index contributed by atoms with van der Waals surface area (Å²) in [7, 11) is -1.22. The van der Waals surface area contributed by atoms with Crippen LogP contribution >= 0.6 is 0 Å². The fourth-order valence-corrected chi connectivity index (χ4v) is 3.04. The number of esters is 1. The molecule has 0 aliphatic heterocycles. The summed E-state index contributed by atoms with van der Waals surface area (Å²) in [6.45, 7) is 3.46. The summed E-state index contributed by atoms with van der Waals surface area (Å²) in [4.78, 5) is 11.6. The topological polar surface area (TPSA) is 108 Å². The zero-order chi connectivity index (χ0) is 16.3. The van der Waals surface area contributed by atoms with Crippen LogP contribution in [0.15, 0.2) is 23.1 Å². The van der Waals surface area contributed by atoms with Crippen molar-refractivity contribution in [1.29, 1.82) is 0 Å². The number of carbonyl (C=O) groups excluding carboxylic acids is 1. The minimum Gasteiger partial charge on any atom is -0.496 e. The SMILES string of the molecule is COC(=O)c1cc(S(=O)(=O)NC(C)(C)CN)ccc1OC. The van der Waals surface area contributed by atoms with E-state index in [0.29, 0.717) is 0 Å². The van der Waals surface area contributed by atoms with Crippen molar-refractivity contribution in [2.45, 2.75) is 24.3 Å². The number of sulfonamides is 1. The van der Waals surface area contributed by atoms with Crippen molar-refractivity contribution in [2.24, 2.45) is 5.73 Å². The van der Waals surface area contributed by atoms with Gasteiger partial charge in [-0.2, -0.15) is 0 Å². The third-order valence-corrected chi connectivity index (χ3v) is 4.50. The summed E-state index contributed by atoms with van der Waals surface area (Å²) in [6.07, 6.45) is 0. The first kappa shape index (κ1) is 17.4. The minimum atomic E-state index is -3.81. The maximum atomic E-state index is 12.3. The van der Waals surface area contributed by atoms with Crippen molar-refractivity contribution in [3.8, 4) is 5.75 Å². The molecule has 0 heterocycles. The molecule has 7 nitrogen and oxygen atoms in total. The molecule has 0 saturated heterocycles. The molecule has 0 unspecified atom stereocenters. The van der Waals surface area contributed by atoms with E-state index in [1.807, 2.05) is 0 Å². The van der Waals surface area contributed by atoms with E-state index >= 15 is 0 Å². The summed E-state index contributed by atoms with van der Waals surface area (Å²) in [5.41, 5.74) is 4.75. The standard InChI is InChI=1S/C13H20N2O5S/c1-13(2,8-14)15-21(17,18)9-5-6-11(19-3)10(7-9)12(16)20-4/h5-7,15H,8,14H2,1-4H3. The van der Waals surface area contributed by atoms with Crippen molar-refractivity contribution in [3.63, 3.8) is 0 Å². The van der Waals surface area contributed by atoms with Gasteiger partial charge in [0.2, 0.25) is 10.0 Å². The predicted octanol–water partition coefficient (Wildman–Crippen LogP) is 0.497. The van der Waals surface area contributed by atoms with E-state index in [4.69, 9.17) is 10.5 Å². The molecule has 1 rings (SSSR count). The molecular formula is C13H20N2O5S. The second kappa shape index (κ2) is 6.42. The van der Waals surface area contributed by atoms with Gasteiger partial charge in [-0.15, -0.1) is 0 Å². The second-order valence-electron chi connectivity index (χ2n) is 5.05. The molecule has 0 saturated carbocycles. The van der Waals surface area contributed by atoms with Crippen LogP contribution in [-0.4, -0.2) is 40.7 Å². The normalized spacial score (nSPS) is 12.0. The number of hydrogen-bond donors (Lipinski definition) is 2. The van der Waals surface area contributed by atoms with Crippen LogP contribution in [0.4, 0.5) is 0 Å². The van der Waals surface area contributed by atoms with Crippen LogP contribution in [-0.2, 0) is 14.8 Å². The molecule has 0 radical (unpaired) electrons. The molecule has 3 N–H and O–H groups in total. The average molecular weight is 316 g/mol. The maximum absolute atomic E-state index is 12.3. The van der Waals surface area contributed by atoms with E-state index in [2.05, 4.69) is 9.46 Å². The van der Waals surface area contributed by atoms with Gasteiger partial charge in [-0.05, 0) is 32.0 Å². The number of benzene rings is 1. The third-order valence-electron chi connectivity index (χ3n) is 2.81. The summed E-state index contributed by atoms with van der Waals surface area (Å²) in [5.74, 6) is -0.444. The largest absolute Gasteiger partial charge is 0.496 e. The lowest BCUT2D eigenvalue weighted by molar-refractivity contribution is 0.0597. The molecule has 21 heavy (non-hydrogen) atoms. The summed E-state index contributed by atoms with van der Waals surface area (Å²) in [6, 6.07) is 3.95. The van der Waals surface area contributed by atoms with E-state index in [1.54, 1.807) is 13.8 Å². The van der Waals surface area contributed by atoms with Crippen LogP contribution < -0.4 is 15.2 Å². The van der Waals surface area contributed by atoms with Gasteiger partial charge in [0.1, 0.15) is 11.3 Å². The number of methoxy groups -OCH3 is 2. The lowest BCUT2D eigenvalue weighted by atomic mass is 10.1. The molecule has 0 fully saturated rings. The Kier molecular flexibility index (Phi) is 5.32. The van der Waals surface area contributed by atoms with Crippen LogP contribution in [0, 0.1) is 0 Å². The fraction of sp³-hybridized carbons (Fsp3) is 0.462. The van der Waals surface area contributed by atoms with Gasteiger partial charge in [-0.3, -0.25) is 0 Å². The number of hydrogen-bond acceptors (Lipinski definition) is 6. The van der Waals surface area contributed by atoms with E-state index in [1.165, 1.54) is 32.4 Å². The Bertz CT molecular complexity index is 625. The Morgan fingerprint density at radius 3 is 2.43 bits per heavy atom. The fourth-order valence-electron chi connectivity index (χ4n) is 1.59. The maximum Gasteiger partial charge on any atom is 0.341 e. The van der Waals surface area contributed by atoms with Crippen molar-refractivity contribution in [3.05, 3.63) is 23.8 Å². The minimum absolute atomic E-state index is 0.0356. The molecule has 0 bridgehead atoms. The average Bonchev–Trinajstić information content (AvgIpc) is 2.44. The number of ether oxygens (including phenoxy) is 2. The smallest absolute Gasteiger partial charge is 0.341 e. The molecular weight excluding hydrogens is 296 g/mol. The zero-order valence-electron chi connectivity index (χ0n) is 12.5. The van der Waals surface area contributed by atoms with Gasteiger partial charge in [-0.25, -0.2) is 17.9 Å². The highest BCUT2D eigenvalue weighted by molar-refractivity contribution is 7.89. The first-order chi connectivity index (χ1) is 9.66. The van der Waals surface area contributed by atoms with Crippen molar-refractivity contribution < 1.29 is 22.7 Å². The van der Waals surface area contributed by atoms with E-state index in [0.717, 1.165) is 0 Å². The predicted molar refractivity (Wildman–Crippen MR) is 77.8 cm³/mol. The lowest BCUT2D eigenvalue weighted by Crippen LogP contribution is -2.48. The Labute approximate surface area is 124 Å². The van der Waals surface area contributed by atoms with Crippen molar-refractivity contribution in [1.82, 2.24) is 4.72 Å². The van der Waals surface area contributed by atoms with Gasteiger partial charge in [0, 0.05) is 12.1 Å². The van der Waals surface area contributed by atoms with Gasteiger partial charge in [-0.1, -0.05) is 0 Å². The first-order valence-corrected chi connectivity index (χ1v) is 7.65. The van der Waals surface area contributed by atoms with E-state index < -0.39 is 21.5 Å². The molecule has 118 valence electrons. The Morgan fingerprint density at radius 1 is 1.33 bits per heavy atom. The molecule has 0 aliphatic carbocycles. The Balaban J connectivity index is 3.29. The van der Waals surface area contributed by atoms with Gasteiger partial charge < -0.3 is 15.2 Å². The molecule has 0 atom stereocenters. The van der Waals surface area contributed by atoms with Gasteiger partial charge in [0.15, 0.2) is 0 Å². The number of nitrogens with one attached hydrogen (secondary N) is 1. The first-order valence-electron chi connectivity index (χ1n) is 6.17. The van der Waals surface area contributed by atoms with Crippen molar-refractivity contribution >= 4 is 16.0 Å². The number of nitrogens with two attached hydrogens (primary N) is 1. The van der Waals surface area contributed by atoms with Gasteiger partial charge in [0.25, 0.3) is 0 Å². The van der Waals surface area contributed by atoms with Crippen LogP contribution in [0.5, 0.6) is 5.75 Å². The number of rotatable bonds is 6. The molecule has 0 amide bonds. The van der Waals surface area contributed by atoms with Gasteiger partial charge in [0.05, 0.1) is 19.1 Å². The summed E-state index contributed by atoms with van der Waals surface area (Å²) < 4.78 is 36.7. The van der Waals surface area contributed by atoms with E-state index in [-0.39, 0.29) is 22.8 Å². The highest BCUT2D eigenvalue weighted by Crippen LogP contribution is 2.23. The molecule has 8 heteroatoms. The Morgan fingerprint density at radius 2 is 1.95 bits per heavy atom. The highest BCUT2D eigenvalue weighted by atomic mass is 32.2. The quantitative estimate of drug-likeness (QED) is 0.740. The molecule has 0 spiro atoms. The van der Waals surface area contributed by atoms with Gasteiger partial charge >= 0.3 is 5.97 Å². The van der Waals surface area contributed by atoms with Crippen LogP contribution in [0.25, 0.3) is 0 Å². The zero-order valence-corrected chi connectivity index (χ0v) is 13.3. The molecule has 0 aliphatic rings. The highest BCUT2D eigenvalue weighted by Gasteiger charge is 2.26. The summed E-state index contributed by atoms with van der Waals surface area (Å²) in [5, 5.41) is 0. The third kappa shape index (κ3) is 4.16. The lowest BCUT2D eigenvalue weighted by Gasteiger charge is -2.24. The van der Waals surface area contributed by atoms with Crippen LogP contribution in [0.1, 0.15) is 24.2 Å². The van der Waals surface area contributed by atoms with E-state index in [9.17, 15) is 13.2 Å². The number of carbonyl (C=O) groups is 1. The second-order valence-corrected chi connectivity index (χ2v) is 6.73. The molecule has 1 aromatic carbocycles. The Hall–Kier alpha value is -1.64. The molecule has 1 aromatic rings. The van der Waals surface area contributed by atoms with Crippen LogP contribution in [0.3, 0.4) is 0 Å². The van der Waals surface area contributed by atoms with Crippen molar-refractivity contribution in [2.75, 3.05) is 20.8 Å². The van der Waals surface area contributed by atoms with Crippen LogP contribution in [0.2, 0.25) is 0 Å². The summed E-state index contributed by atoms with van der Waals surface area (Å²) >= 11 is 0. The molecule has 0 aromatic heterocycles.